The second-order valence-electron chi connectivity index (χ2n) is 4.37. The highest BCUT2D eigenvalue weighted by molar-refractivity contribution is 5.62. The highest BCUT2D eigenvalue weighted by Crippen LogP contribution is 2.34. The van der Waals surface area contributed by atoms with E-state index in [2.05, 4.69) is 9.97 Å². The number of morpholine rings is 1. The number of ether oxygens (including phenoxy) is 2. The Bertz CT molecular complexity index is 460. The number of hydrogen-bond donors (Lipinski definition) is 0. The Morgan fingerprint density at radius 2 is 2.11 bits per heavy atom. The molecule has 1 saturated heterocycles. The summed E-state index contributed by atoms with van der Waals surface area (Å²) >= 11 is 0. The van der Waals surface area contributed by atoms with Gasteiger partial charge in [0.05, 0.1) is 24.2 Å². The van der Waals surface area contributed by atoms with Crippen LogP contribution in [0, 0.1) is 10.1 Å². The van der Waals surface area contributed by atoms with Crippen molar-refractivity contribution in [3.63, 3.8) is 0 Å². The lowest BCUT2D eigenvalue weighted by Gasteiger charge is -2.27. The number of nitrogens with zero attached hydrogens (tertiary/aromatic N) is 4. The third-order valence-electron chi connectivity index (χ3n) is 2.61. The van der Waals surface area contributed by atoms with E-state index in [0.717, 1.165) is 0 Å². The van der Waals surface area contributed by atoms with Gasteiger partial charge in [0.25, 0.3) is 5.88 Å². The first-order valence-corrected chi connectivity index (χ1v) is 6.08. The van der Waals surface area contributed by atoms with E-state index < -0.39 is 4.92 Å². The van der Waals surface area contributed by atoms with Gasteiger partial charge in [0.15, 0.2) is 0 Å². The first kappa shape index (κ1) is 13.5. The summed E-state index contributed by atoms with van der Waals surface area (Å²) in [4.78, 5) is 20.5. The molecule has 0 bridgehead atoms. The van der Waals surface area contributed by atoms with Crippen LogP contribution in [-0.2, 0) is 4.74 Å². The van der Waals surface area contributed by atoms with Crippen LogP contribution in [0.1, 0.15) is 13.8 Å². The minimum atomic E-state index is -0.498. The van der Waals surface area contributed by atoms with E-state index in [1.165, 1.54) is 6.33 Å². The number of rotatable bonds is 4. The van der Waals surface area contributed by atoms with Crippen LogP contribution in [0.2, 0.25) is 0 Å². The predicted octanol–water partition coefficient (Wildman–Crippen LogP) is 1.01. The van der Waals surface area contributed by atoms with Gasteiger partial charge in [-0.1, -0.05) is 0 Å². The molecule has 1 aromatic heterocycles. The molecule has 1 aliphatic rings. The largest absolute Gasteiger partial charge is 0.470 e. The minimum absolute atomic E-state index is 0.0106. The molecule has 1 fully saturated rings. The second kappa shape index (κ2) is 5.79. The van der Waals surface area contributed by atoms with E-state index in [-0.39, 0.29) is 17.7 Å². The van der Waals surface area contributed by atoms with E-state index in [1.807, 2.05) is 4.90 Å². The Labute approximate surface area is 110 Å². The first-order chi connectivity index (χ1) is 9.09. The quantitative estimate of drug-likeness (QED) is 0.594. The molecule has 0 amide bonds. The van der Waals surface area contributed by atoms with Gasteiger partial charge in [-0.25, -0.2) is 4.98 Å². The number of aromatic nitrogens is 2. The Kier molecular flexibility index (Phi) is 4.10. The van der Waals surface area contributed by atoms with Gasteiger partial charge in [-0.3, -0.25) is 10.1 Å². The monoisotopic (exact) mass is 268 g/mol. The van der Waals surface area contributed by atoms with Crippen molar-refractivity contribution in [1.82, 2.24) is 9.97 Å². The lowest BCUT2D eigenvalue weighted by molar-refractivity contribution is -0.385. The van der Waals surface area contributed by atoms with E-state index in [4.69, 9.17) is 9.47 Å². The molecule has 2 heterocycles. The standard InChI is InChI=1S/C11H16N4O4/c1-8(2)19-11-9(15(16)17)10(12-7-13-11)14-3-5-18-6-4-14/h7-8H,3-6H2,1-2H3. The molecule has 19 heavy (non-hydrogen) atoms. The number of anilines is 1. The predicted molar refractivity (Wildman–Crippen MR) is 67.5 cm³/mol. The summed E-state index contributed by atoms with van der Waals surface area (Å²) in [6.45, 7) is 5.78. The Balaban J connectivity index is 2.38. The molecule has 0 unspecified atom stereocenters. The van der Waals surface area contributed by atoms with Crippen LogP contribution in [0.5, 0.6) is 5.88 Å². The van der Waals surface area contributed by atoms with Crippen molar-refractivity contribution >= 4 is 11.5 Å². The summed E-state index contributed by atoms with van der Waals surface area (Å²) in [5, 5.41) is 11.3. The van der Waals surface area contributed by atoms with Crippen LogP contribution in [0.15, 0.2) is 6.33 Å². The minimum Gasteiger partial charge on any atom is -0.470 e. The summed E-state index contributed by atoms with van der Waals surface area (Å²) in [6, 6.07) is 0. The van der Waals surface area contributed by atoms with Crippen LogP contribution < -0.4 is 9.64 Å². The zero-order valence-electron chi connectivity index (χ0n) is 10.9. The van der Waals surface area contributed by atoms with Crippen molar-refractivity contribution < 1.29 is 14.4 Å². The fourth-order valence-corrected chi connectivity index (χ4v) is 1.83. The maximum absolute atomic E-state index is 11.3. The zero-order valence-corrected chi connectivity index (χ0v) is 10.9. The van der Waals surface area contributed by atoms with Gasteiger partial charge in [-0.15, -0.1) is 0 Å². The molecular weight excluding hydrogens is 252 g/mol. The lowest BCUT2D eigenvalue weighted by atomic mass is 10.3. The molecular formula is C11H16N4O4. The molecule has 0 aliphatic carbocycles. The average molecular weight is 268 g/mol. The Morgan fingerprint density at radius 1 is 1.42 bits per heavy atom. The molecule has 1 aliphatic heterocycles. The highest BCUT2D eigenvalue weighted by Gasteiger charge is 2.29. The molecule has 8 heteroatoms. The topological polar surface area (TPSA) is 90.6 Å². The van der Waals surface area contributed by atoms with Crippen molar-refractivity contribution in [2.75, 3.05) is 31.2 Å². The fourth-order valence-electron chi connectivity index (χ4n) is 1.83. The van der Waals surface area contributed by atoms with E-state index in [0.29, 0.717) is 32.1 Å². The molecule has 0 spiro atoms. The van der Waals surface area contributed by atoms with Gasteiger partial charge < -0.3 is 14.4 Å². The van der Waals surface area contributed by atoms with Crippen molar-refractivity contribution in [2.45, 2.75) is 20.0 Å². The third kappa shape index (κ3) is 3.08. The average Bonchev–Trinajstić information content (AvgIpc) is 2.38. The Hall–Kier alpha value is -1.96. The highest BCUT2D eigenvalue weighted by atomic mass is 16.6. The molecule has 1 aromatic rings. The number of nitro groups is 1. The molecule has 2 rings (SSSR count). The van der Waals surface area contributed by atoms with Crippen molar-refractivity contribution in [3.8, 4) is 5.88 Å². The van der Waals surface area contributed by atoms with E-state index >= 15 is 0 Å². The molecule has 8 nitrogen and oxygen atoms in total. The van der Waals surface area contributed by atoms with Gasteiger partial charge in [-0.2, -0.15) is 4.98 Å². The summed E-state index contributed by atoms with van der Waals surface area (Å²) in [7, 11) is 0. The number of hydrogen-bond acceptors (Lipinski definition) is 7. The van der Waals surface area contributed by atoms with Crippen LogP contribution >= 0.6 is 0 Å². The van der Waals surface area contributed by atoms with Gasteiger partial charge in [0, 0.05) is 13.1 Å². The summed E-state index contributed by atoms with van der Waals surface area (Å²) in [6.07, 6.45) is 1.10. The lowest BCUT2D eigenvalue weighted by Crippen LogP contribution is -2.37. The van der Waals surface area contributed by atoms with Gasteiger partial charge in [0.2, 0.25) is 5.82 Å². The normalized spacial score (nSPS) is 15.6. The van der Waals surface area contributed by atoms with Crippen LogP contribution in [0.25, 0.3) is 0 Å². The van der Waals surface area contributed by atoms with Crippen LogP contribution in [0.4, 0.5) is 11.5 Å². The van der Waals surface area contributed by atoms with Crippen molar-refractivity contribution in [2.24, 2.45) is 0 Å². The molecule has 0 aromatic carbocycles. The van der Waals surface area contributed by atoms with Crippen LogP contribution in [0.3, 0.4) is 0 Å². The SMILES string of the molecule is CC(C)Oc1ncnc(N2CCOCC2)c1[N+](=O)[O-]. The Morgan fingerprint density at radius 3 is 2.68 bits per heavy atom. The summed E-state index contributed by atoms with van der Waals surface area (Å²) in [5.74, 6) is 0.301. The van der Waals surface area contributed by atoms with E-state index in [9.17, 15) is 10.1 Å². The van der Waals surface area contributed by atoms with Gasteiger partial charge >= 0.3 is 5.69 Å². The second-order valence-corrected chi connectivity index (χ2v) is 4.37. The molecule has 0 saturated carbocycles. The molecule has 0 N–H and O–H groups in total. The van der Waals surface area contributed by atoms with Crippen molar-refractivity contribution in [1.29, 1.82) is 0 Å². The summed E-state index contributed by atoms with van der Waals surface area (Å²) < 4.78 is 10.6. The van der Waals surface area contributed by atoms with Gasteiger partial charge in [-0.05, 0) is 13.8 Å². The van der Waals surface area contributed by atoms with Gasteiger partial charge in [0.1, 0.15) is 6.33 Å². The molecule has 0 radical (unpaired) electrons. The third-order valence-corrected chi connectivity index (χ3v) is 2.61. The molecule has 104 valence electrons. The van der Waals surface area contributed by atoms with Crippen molar-refractivity contribution in [3.05, 3.63) is 16.4 Å². The van der Waals surface area contributed by atoms with E-state index in [1.54, 1.807) is 13.8 Å². The maximum atomic E-state index is 11.3. The first-order valence-electron chi connectivity index (χ1n) is 6.08. The fraction of sp³-hybridized carbons (Fsp3) is 0.636. The smallest absolute Gasteiger partial charge is 0.372 e. The molecule has 0 atom stereocenters. The van der Waals surface area contributed by atoms with Crippen LogP contribution in [-0.4, -0.2) is 47.3 Å². The summed E-state index contributed by atoms with van der Waals surface area (Å²) in [5.41, 5.74) is -0.182. The zero-order chi connectivity index (χ0) is 13.8. The maximum Gasteiger partial charge on any atom is 0.372 e.